The molecule has 11 heteroatoms. The number of carbonyl (C=O) groups excluding carboxylic acids is 4. The third kappa shape index (κ3) is 9.69. The van der Waals surface area contributed by atoms with E-state index >= 15 is 0 Å². The van der Waals surface area contributed by atoms with Crippen molar-refractivity contribution in [2.24, 2.45) is 0 Å². The van der Waals surface area contributed by atoms with Gasteiger partial charge in [-0.3, -0.25) is 19.3 Å². The molecule has 3 amide bonds. The summed E-state index contributed by atoms with van der Waals surface area (Å²) < 4.78 is 5.45. The molecule has 0 saturated heterocycles. The number of nitrogens with one attached hydrogen (secondary N) is 3. The summed E-state index contributed by atoms with van der Waals surface area (Å²) in [4.78, 5) is 58.2. The zero-order valence-corrected chi connectivity index (χ0v) is 33.3. The average molecular weight is 795 g/mol. The van der Waals surface area contributed by atoms with Gasteiger partial charge in [0.1, 0.15) is 10.7 Å². The van der Waals surface area contributed by atoms with E-state index in [0.717, 1.165) is 44.8 Å². The second kappa shape index (κ2) is 18.3. The fourth-order valence-electron chi connectivity index (χ4n) is 6.73. The number of amides is 3. The molecule has 2 heterocycles. The van der Waals surface area contributed by atoms with Crippen LogP contribution in [0.15, 0.2) is 138 Å². The van der Waals surface area contributed by atoms with Crippen LogP contribution >= 0.6 is 23.1 Å². The average Bonchev–Trinajstić information content (AvgIpc) is 3.58. The number of hydrogen-bond acceptors (Lipinski definition) is 8. The first-order chi connectivity index (χ1) is 27.7. The number of anilines is 2. The summed E-state index contributed by atoms with van der Waals surface area (Å²) >= 11 is 2.76. The molecule has 0 bridgehead atoms. The van der Waals surface area contributed by atoms with Gasteiger partial charge < -0.3 is 20.7 Å². The molecule has 0 saturated carbocycles. The molecule has 0 spiro atoms. The van der Waals surface area contributed by atoms with E-state index in [4.69, 9.17) is 4.74 Å². The summed E-state index contributed by atoms with van der Waals surface area (Å²) in [7, 11) is 0. The summed E-state index contributed by atoms with van der Waals surface area (Å²) in [6.45, 7) is 6.07. The van der Waals surface area contributed by atoms with Crippen LogP contribution in [0.5, 0.6) is 0 Å². The van der Waals surface area contributed by atoms with Crippen molar-refractivity contribution in [1.29, 1.82) is 0 Å². The number of benzene rings is 5. The second-order valence-corrected chi connectivity index (χ2v) is 16.1. The van der Waals surface area contributed by atoms with Gasteiger partial charge >= 0.3 is 5.97 Å². The van der Waals surface area contributed by atoms with E-state index in [1.54, 1.807) is 62.4 Å². The van der Waals surface area contributed by atoms with Gasteiger partial charge in [0, 0.05) is 40.7 Å². The maximum absolute atomic E-state index is 13.9. The largest absolute Gasteiger partial charge is 0.462 e. The van der Waals surface area contributed by atoms with Crippen LogP contribution in [0.1, 0.15) is 56.1 Å². The predicted octanol–water partition coefficient (Wildman–Crippen LogP) is 9.17. The lowest BCUT2D eigenvalue weighted by atomic mass is 10.0. The standard InChI is InChI=1S/C46H42N4O5S2/c1-3-55-46(54)41-38-24-25-50(28-31-14-6-4-7-15-31)29-40(38)57-45(41)49-42(51)30(2)56-36-22-13-21-35(27-36)47-44(53)39(48-43(52)33-17-8-5-9-18-33)26-34-20-12-19-32-16-10-11-23-37(32)34/h4-23,26-27,30H,3,24-25,28-29H2,1-2H3,(H,47,53)(H,48,52)(H,49,51)/b39-26+. The fraction of sp³-hybridized carbons (Fsp3) is 0.174. The zero-order chi connectivity index (χ0) is 39.7. The molecule has 1 aliphatic heterocycles. The summed E-state index contributed by atoms with van der Waals surface area (Å²) in [6.07, 6.45) is 2.36. The molecule has 1 unspecified atom stereocenters. The Morgan fingerprint density at radius 2 is 1.58 bits per heavy atom. The summed E-state index contributed by atoms with van der Waals surface area (Å²) in [6, 6.07) is 39.9. The van der Waals surface area contributed by atoms with Crippen LogP contribution in [0, 0.1) is 0 Å². The van der Waals surface area contributed by atoms with Gasteiger partial charge in [0.2, 0.25) is 5.91 Å². The highest BCUT2D eigenvalue weighted by Crippen LogP contribution is 2.39. The predicted molar refractivity (Wildman–Crippen MR) is 229 cm³/mol. The van der Waals surface area contributed by atoms with Crippen LogP contribution in [0.2, 0.25) is 0 Å². The molecule has 1 aliphatic rings. The van der Waals surface area contributed by atoms with Crippen LogP contribution in [-0.2, 0) is 33.8 Å². The molecule has 57 heavy (non-hydrogen) atoms. The number of fused-ring (bicyclic) bond motifs is 2. The number of esters is 1. The highest BCUT2D eigenvalue weighted by Gasteiger charge is 2.30. The quantitative estimate of drug-likeness (QED) is 0.0607. The van der Waals surface area contributed by atoms with E-state index in [1.807, 2.05) is 72.8 Å². The Labute approximate surface area is 340 Å². The van der Waals surface area contributed by atoms with E-state index in [9.17, 15) is 19.2 Å². The lowest BCUT2D eigenvalue weighted by Crippen LogP contribution is -2.30. The highest BCUT2D eigenvalue weighted by atomic mass is 32.2. The summed E-state index contributed by atoms with van der Waals surface area (Å²) in [5, 5.41) is 10.7. The van der Waals surface area contributed by atoms with Gasteiger partial charge in [0.15, 0.2) is 0 Å². The summed E-state index contributed by atoms with van der Waals surface area (Å²) in [5.74, 6) is -1.61. The SMILES string of the molecule is CCOC(=O)c1c(NC(=O)C(C)Sc2cccc(NC(=O)/C(=C\c3cccc4ccccc34)NC(=O)c3ccccc3)c2)sc2c1CCN(Cc1ccccc1)C2. The van der Waals surface area contributed by atoms with Gasteiger partial charge in [0.25, 0.3) is 11.8 Å². The third-order valence-corrected chi connectivity index (χ3v) is 11.8. The van der Waals surface area contributed by atoms with Crippen LogP contribution in [0.4, 0.5) is 10.7 Å². The smallest absolute Gasteiger partial charge is 0.341 e. The number of thioether (sulfide) groups is 1. The normalized spacial score (nSPS) is 13.3. The molecule has 0 radical (unpaired) electrons. The minimum atomic E-state index is -0.549. The van der Waals surface area contributed by atoms with Crippen molar-refractivity contribution in [2.75, 3.05) is 23.8 Å². The van der Waals surface area contributed by atoms with Crippen molar-refractivity contribution >= 4 is 74.3 Å². The van der Waals surface area contributed by atoms with Crippen LogP contribution in [-0.4, -0.2) is 47.0 Å². The minimum Gasteiger partial charge on any atom is -0.462 e. The van der Waals surface area contributed by atoms with Gasteiger partial charge in [0.05, 0.1) is 17.4 Å². The van der Waals surface area contributed by atoms with Gasteiger partial charge in [-0.05, 0) is 84.1 Å². The number of thiophene rings is 1. The van der Waals surface area contributed by atoms with E-state index in [0.29, 0.717) is 34.8 Å². The molecule has 288 valence electrons. The topological polar surface area (TPSA) is 117 Å². The molecule has 5 aromatic carbocycles. The van der Waals surface area contributed by atoms with Gasteiger partial charge in [-0.25, -0.2) is 4.79 Å². The zero-order valence-electron chi connectivity index (χ0n) is 31.6. The lowest BCUT2D eigenvalue weighted by Gasteiger charge is -2.27. The van der Waals surface area contributed by atoms with E-state index in [1.165, 1.54) is 28.7 Å². The first-order valence-corrected chi connectivity index (χ1v) is 20.5. The maximum atomic E-state index is 13.9. The molecule has 9 nitrogen and oxygen atoms in total. The Morgan fingerprint density at radius 1 is 0.860 bits per heavy atom. The Hall–Kier alpha value is -6.01. The summed E-state index contributed by atoms with van der Waals surface area (Å²) in [5.41, 5.74) is 4.36. The monoisotopic (exact) mass is 794 g/mol. The first kappa shape index (κ1) is 39.2. The first-order valence-electron chi connectivity index (χ1n) is 18.8. The van der Waals surface area contributed by atoms with Gasteiger partial charge in [-0.2, -0.15) is 0 Å². The van der Waals surface area contributed by atoms with Crippen molar-refractivity contribution in [3.8, 4) is 0 Å². The second-order valence-electron chi connectivity index (χ2n) is 13.6. The lowest BCUT2D eigenvalue weighted by molar-refractivity contribution is -0.115. The highest BCUT2D eigenvalue weighted by molar-refractivity contribution is 8.00. The van der Waals surface area contributed by atoms with Crippen LogP contribution in [0.25, 0.3) is 16.8 Å². The van der Waals surface area contributed by atoms with Crippen molar-refractivity contribution in [3.63, 3.8) is 0 Å². The fourth-order valence-corrected chi connectivity index (χ4v) is 8.94. The molecule has 3 N–H and O–H groups in total. The molecular formula is C46H42N4O5S2. The molecule has 1 aromatic heterocycles. The minimum absolute atomic E-state index is 0.0743. The van der Waals surface area contributed by atoms with Crippen molar-refractivity contribution in [1.82, 2.24) is 10.2 Å². The maximum Gasteiger partial charge on any atom is 0.341 e. The van der Waals surface area contributed by atoms with Crippen LogP contribution in [0.3, 0.4) is 0 Å². The Balaban J connectivity index is 1.06. The van der Waals surface area contributed by atoms with Crippen molar-refractivity contribution in [3.05, 3.63) is 166 Å². The molecule has 0 fully saturated rings. The van der Waals surface area contributed by atoms with Crippen LogP contribution < -0.4 is 16.0 Å². The van der Waals surface area contributed by atoms with Crippen molar-refractivity contribution in [2.45, 2.75) is 43.5 Å². The van der Waals surface area contributed by atoms with E-state index < -0.39 is 23.0 Å². The van der Waals surface area contributed by atoms with Gasteiger partial charge in [-0.15, -0.1) is 23.1 Å². The van der Waals surface area contributed by atoms with Crippen molar-refractivity contribution < 1.29 is 23.9 Å². The molecule has 6 aromatic rings. The number of ether oxygens (including phenoxy) is 1. The number of carbonyl (C=O) groups is 4. The Kier molecular flexibility index (Phi) is 12.6. The molecule has 1 atom stereocenters. The Bertz CT molecular complexity index is 2440. The molecule has 0 aliphatic carbocycles. The van der Waals surface area contributed by atoms with E-state index in [2.05, 4.69) is 33.0 Å². The third-order valence-electron chi connectivity index (χ3n) is 9.53. The van der Waals surface area contributed by atoms with Gasteiger partial charge in [-0.1, -0.05) is 97.1 Å². The van der Waals surface area contributed by atoms with E-state index in [-0.39, 0.29) is 18.2 Å². The number of hydrogen-bond donors (Lipinski definition) is 3. The molecular weight excluding hydrogens is 753 g/mol. The number of rotatable bonds is 13. The molecule has 7 rings (SSSR count). The Morgan fingerprint density at radius 3 is 2.37 bits per heavy atom. The number of nitrogens with zero attached hydrogens (tertiary/aromatic N) is 1.